The number of rotatable bonds is 6. The third-order valence-corrected chi connectivity index (χ3v) is 13.3. The zero-order chi connectivity index (χ0) is 39.9. The van der Waals surface area contributed by atoms with Crippen molar-refractivity contribution in [1.82, 2.24) is 0 Å². The Morgan fingerprint density at radius 1 is 0.322 bits per heavy atom. The maximum Gasteiger partial charge on any atom is 0.0546 e. The van der Waals surface area contributed by atoms with Gasteiger partial charge in [0.2, 0.25) is 0 Å². The van der Waals surface area contributed by atoms with Crippen LogP contribution in [0.1, 0.15) is 49.9 Å². The molecule has 0 unspecified atom stereocenters. The first-order valence-electron chi connectivity index (χ1n) is 20.9. The van der Waals surface area contributed by atoms with Gasteiger partial charge in [-0.1, -0.05) is 198 Å². The van der Waals surface area contributed by atoms with Crippen LogP contribution in [0.3, 0.4) is 0 Å². The maximum absolute atomic E-state index is 2.53. The summed E-state index contributed by atoms with van der Waals surface area (Å²) < 4.78 is 0. The quantitative estimate of drug-likeness (QED) is 0.163. The van der Waals surface area contributed by atoms with Crippen LogP contribution in [0.4, 0.5) is 17.1 Å². The van der Waals surface area contributed by atoms with E-state index >= 15 is 0 Å². The van der Waals surface area contributed by atoms with Crippen LogP contribution in [0, 0.1) is 0 Å². The summed E-state index contributed by atoms with van der Waals surface area (Å²) in [7, 11) is 0. The van der Waals surface area contributed by atoms with Gasteiger partial charge in [0.15, 0.2) is 0 Å². The summed E-state index contributed by atoms with van der Waals surface area (Å²) in [4.78, 5) is 2.53. The number of benzene rings is 9. The van der Waals surface area contributed by atoms with Crippen molar-refractivity contribution in [1.29, 1.82) is 0 Å². The van der Waals surface area contributed by atoms with E-state index in [0.29, 0.717) is 0 Å². The Morgan fingerprint density at radius 2 is 0.881 bits per heavy atom. The summed E-state index contributed by atoms with van der Waals surface area (Å²) in [6.45, 7) is 9.49. The first kappa shape index (κ1) is 35.2. The summed E-state index contributed by atoms with van der Waals surface area (Å²) in [5.41, 5.74) is 21.2. The third kappa shape index (κ3) is 5.38. The minimum Gasteiger partial charge on any atom is -0.310 e. The molecule has 59 heavy (non-hydrogen) atoms. The van der Waals surface area contributed by atoms with Gasteiger partial charge in [0.05, 0.1) is 5.69 Å². The fraction of sp³-hybridized carbons (Fsp3) is 0.103. The highest BCUT2D eigenvalue weighted by Gasteiger charge is 2.38. The number of fused-ring (bicyclic) bond motifs is 7. The van der Waals surface area contributed by atoms with Gasteiger partial charge < -0.3 is 4.90 Å². The Labute approximate surface area is 347 Å². The third-order valence-electron chi connectivity index (χ3n) is 13.3. The van der Waals surface area contributed by atoms with Gasteiger partial charge in [-0.3, -0.25) is 0 Å². The molecule has 0 spiro atoms. The van der Waals surface area contributed by atoms with Crippen molar-refractivity contribution in [2.75, 3.05) is 4.90 Å². The number of anilines is 3. The molecule has 0 fully saturated rings. The Bertz CT molecular complexity index is 3100. The molecule has 0 radical (unpaired) electrons. The molecular formula is C58H45N. The van der Waals surface area contributed by atoms with E-state index in [1.807, 2.05) is 0 Å². The number of nitrogens with zero attached hydrogens (tertiary/aromatic N) is 1. The van der Waals surface area contributed by atoms with Crippen LogP contribution in [-0.4, -0.2) is 0 Å². The Hall–Kier alpha value is -6.96. The maximum atomic E-state index is 2.53. The predicted octanol–water partition coefficient (Wildman–Crippen LogP) is 15.9. The lowest BCUT2D eigenvalue weighted by molar-refractivity contribution is 0.660. The smallest absolute Gasteiger partial charge is 0.0546 e. The molecule has 2 aliphatic carbocycles. The van der Waals surface area contributed by atoms with Gasteiger partial charge in [0.25, 0.3) is 0 Å². The normalized spacial score (nSPS) is 14.0. The second-order valence-corrected chi connectivity index (χ2v) is 17.3. The van der Waals surface area contributed by atoms with E-state index in [-0.39, 0.29) is 10.8 Å². The molecule has 0 bridgehead atoms. The molecule has 0 N–H and O–H groups in total. The van der Waals surface area contributed by atoms with Gasteiger partial charge in [-0.2, -0.15) is 0 Å². The summed E-state index contributed by atoms with van der Waals surface area (Å²) in [5, 5.41) is 2.46. The van der Waals surface area contributed by atoms with Crippen LogP contribution >= 0.6 is 0 Å². The minimum absolute atomic E-state index is 0.0986. The van der Waals surface area contributed by atoms with Gasteiger partial charge in [0, 0.05) is 27.8 Å². The van der Waals surface area contributed by atoms with Crippen molar-refractivity contribution >= 4 is 27.8 Å². The zero-order valence-corrected chi connectivity index (χ0v) is 34.0. The fourth-order valence-corrected chi connectivity index (χ4v) is 10.4. The fourth-order valence-electron chi connectivity index (χ4n) is 10.4. The number of hydrogen-bond donors (Lipinski definition) is 0. The molecule has 11 rings (SSSR count). The molecule has 0 heterocycles. The molecule has 2 aliphatic rings. The molecule has 282 valence electrons. The molecule has 0 saturated carbocycles. The van der Waals surface area contributed by atoms with Gasteiger partial charge in [0.1, 0.15) is 0 Å². The molecular weight excluding hydrogens is 711 g/mol. The standard InChI is InChI=1S/C58H45N/c1-57(2)51-30-16-14-26-48(51)56-47(28-17-31-52(56)57)49-36-42(35-40-23-11-12-24-43(40)49)59(41-33-34-46-45-25-13-15-29-50(45)58(3,4)53(46)37-41)54-32-18-27-44(38-19-7-5-8-20-38)55(54)39-21-9-6-10-22-39/h5-37H,1-4H3. The topological polar surface area (TPSA) is 3.24 Å². The first-order valence-corrected chi connectivity index (χ1v) is 20.9. The second-order valence-electron chi connectivity index (χ2n) is 17.3. The average Bonchev–Trinajstić information content (AvgIpc) is 3.66. The Morgan fingerprint density at radius 3 is 1.66 bits per heavy atom. The van der Waals surface area contributed by atoms with Gasteiger partial charge in [-0.25, -0.2) is 0 Å². The number of hydrogen-bond acceptors (Lipinski definition) is 1. The predicted molar refractivity (Wildman–Crippen MR) is 250 cm³/mol. The highest BCUT2D eigenvalue weighted by atomic mass is 15.1. The lowest BCUT2D eigenvalue weighted by atomic mass is 9.81. The van der Waals surface area contributed by atoms with Crippen LogP contribution in [-0.2, 0) is 10.8 Å². The molecule has 9 aromatic rings. The SMILES string of the molecule is CC1(C)c2ccccc2-c2ccc(N(c3cc(-c4cccc5c4-c4ccccc4C5(C)C)c4ccccc4c3)c3cccc(-c4ccccc4)c3-c3ccccc3)cc21. The summed E-state index contributed by atoms with van der Waals surface area (Å²) in [6.07, 6.45) is 0. The van der Waals surface area contributed by atoms with Crippen molar-refractivity contribution in [3.05, 3.63) is 222 Å². The molecule has 1 heteroatoms. The van der Waals surface area contributed by atoms with E-state index in [1.165, 1.54) is 88.7 Å². The highest BCUT2D eigenvalue weighted by Crippen LogP contribution is 2.55. The minimum atomic E-state index is -0.152. The van der Waals surface area contributed by atoms with Crippen LogP contribution in [0.2, 0.25) is 0 Å². The first-order chi connectivity index (χ1) is 28.8. The lowest BCUT2D eigenvalue weighted by Gasteiger charge is -2.31. The molecule has 1 nitrogen and oxygen atoms in total. The Kier molecular flexibility index (Phi) is 7.94. The van der Waals surface area contributed by atoms with E-state index < -0.39 is 0 Å². The monoisotopic (exact) mass is 755 g/mol. The lowest BCUT2D eigenvalue weighted by Crippen LogP contribution is -2.17. The molecule has 0 aliphatic heterocycles. The Balaban J connectivity index is 1.23. The molecule has 0 aromatic heterocycles. The van der Waals surface area contributed by atoms with Crippen LogP contribution in [0.5, 0.6) is 0 Å². The van der Waals surface area contributed by atoms with Crippen molar-refractivity contribution in [2.24, 2.45) is 0 Å². The van der Waals surface area contributed by atoms with Crippen LogP contribution < -0.4 is 4.90 Å². The summed E-state index contributed by atoms with van der Waals surface area (Å²) >= 11 is 0. The summed E-state index contributed by atoms with van der Waals surface area (Å²) in [6, 6.07) is 74.4. The zero-order valence-electron chi connectivity index (χ0n) is 34.0. The van der Waals surface area contributed by atoms with Crippen molar-refractivity contribution < 1.29 is 0 Å². The highest BCUT2D eigenvalue weighted by molar-refractivity contribution is 6.07. The second kappa shape index (κ2) is 13.3. The average molecular weight is 756 g/mol. The largest absolute Gasteiger partial charge is 0.310 e. The van der Waals surface area contributed by atoms with Gasteiger partial charge in [-0.05, 0) is 113 Å². The molecule has 0 amide bonds. The molecule has 0 atom stereocenters. The van der Waals surface area contributed by atoms with Gasteiger partial charge >= 0.3 is 0 Å². The van der Waals surface area contributed by atoms with E-state index in [9.17, 15) is 0 Å². The summed E-state index contributed by atoms with van der Waals surface area (Å²) in [5.74, 6) is 0. The van der Waals surface area contributed by atoms with Crippen molar-refractivity contribution in [3.8, 4) is 55.6 Å². The van der Waals surface area contributed by atoms with Crippen LogP contribution in [0.25, 0.3) is 66.4 Å². The van der Waals surface area contributed by atoms with E-state index in [2.05, 4.69) is 233 Å². The van der Waals surface area contributed by atoms with E-state index in [1.54, 1.807) is 0 Å². The van der Waals surface area contributed by atoms with Gasteiger partial charge in [-0.15, -0.1) is 0 Å². The van der Waals surface area contributed by atoms with E-state index in [4.69, 9.17) is 0 Å². The van der Waals surface area contributed by atoms with Crippen molar-refractivity contribution in [3.63, 3.8) is 0 Å². The molecule has 0 saturated heterocycles. The van der Waals surface area contributed by atoms with Crippen LogP contribution in [0.15, 0.2) is 200 Å². The van der Waals surface area contributed by atoms with Crippen molar-refractivity contribution in [2.45, 2.75) is 38.5 Å². The van der Waals surface area contributed by atoms with E-state index in [0.717, 1.165) is 17.1 Å². The molecule has 9 aromatic carbocycles.